The molecule has 30 heavy (non-hydrogen) atoms. The molecule has 1 amide bonds. The van der Waals surface area contributed by atoms with Crippen LogP contribution in [0.5, 0.6) is 11.5 Å². The van der Waals surface area contributed by atoms with E-state index in [1.807, 2.05) is 24.0 Å². The summed E-state index contributed by atoms with van der Waals surface area (Å²) in [4.78, 5) is 26.5. The number of nitrogens with one attached hydrogen (secondary N) is 1. The lowest BCUT2D eigenvalue weighted by Gasteiger charge is -2.30. The van der Waals surface area contributed by atoms with Crippen molar-refractivity contribution in [1.29, 1.82) is 5.26 Å². The molecule has 0 bridgehead atoms. The second-order valence-electron chi connectivity index (χ2n) is 7.05. The number of ether oxygens (including phenoxy) is 3. The SMILES string of the molecule is CCOC(=O)C1CCCN(/C=C(/C#N)C(=O)NC(C)c2ccc(OC)c(OC)c2)C1. The van der Waals surface area contributed by atoms with Crippen LogP contribution in [0.25, 0.3) is 0 Å². The lowest BCUT2D eigenvalue weighted by molar-refractivity contribution is -0.149. The van der Waals surface area contributed by atoms with Crippen molar-refractivity contribution >= 4 is 11.9 Å². The molecule has 0 spiro atoms. The highest BCUT2D eigenvalue weighted by atomic mass is 16.5. The lowest BCUT2D eigenvalue weighted by Crippen LogP contribution is -2.37. The summed E-state index contributed by atoms with van der Waals surface area (Å²) in [5.41, 5.74) is 0.811. The van der Waals surface area contributed by atoms with Gasteiger partial charge in [0.15, 0.2) is 11.5 Å². The average Bonchev–Trinajstić information content (AvgIpc) is 2.77. The van der Waals surface area contributed by atoms with Crippen LogP contribution in [0, 0.1) is 17.2 Å². The van der Waals surface area contributed by atoms with E-state index in [1.165, 1.54) is 6.20 Å². The summed E-state index contributed by atoms with van der Waals surface area (Å²) < 4.78 is 15.6. The minimum absolute atomic E-state index is 0.00756. The molecule has 1 aromatic rings. The Morgan fingerprint density at radius 3 is 2.70 bits per heavy atom. The van der Waals surface area contributed by atoms with Gasteiger partial charge in [-0.3, -0.25) is 9.59 Å². The Kier molecular flexibility index (Phi) is 8.54. The third kappa shape index (κ3) is 5.89. The van der Waals surface area contributed by atoms with E-state index in [4.69, 9.17) is 14.2 Å². The fourth-order valence-electron chi connectivity index (χ4n) is 3.38. The van der Waals surface area contributed by atoms with Gasteiger partial charge in [0.2, 0.25) is 0 Å². The molecule has 1 heterocycles. The molecule has 8 heteroatoms. The second kappa shape index (κ2) is 11.1. The third-order valence-electron chi connectivity index (χ3n) is 5.00. The van der Waals surface area contributed by atoms with E-state index in [0.717, 1.165) is 18.4 Å². The number of methoxy groups -OCH3 is 2. The number of carbonyl (C=O) groups is 2. The van der Waals surface area contributed by atoms with Crippen molar-refractivity contribution in [3.63, 3.8) is 0 Å². The van der Waals surface area contributed by atoms with Gasteiger partial charge in [0.05, 0.1) is 32.8 Å². The van der Waals surface area contributed by atoms with Gasteiger partial charge in [-0.2, -0.15) is 5.26 Å². The second-order valence-corrected chi connectivity index (χ2v) is 7.05. The first-order chi connectivity index (χ1) is 14.4. The topological polar surface area (TPSA) is 101 Å². The zero-order valence-corrected chi connectivity index (χ0v) is 17.9. The highest BCUT2D eigenvalue weighted by Crippen LogP contribution is 2.30. The molecule has 1 aromatic carbocycles. The number of carbonyl (C=O) groups excluding carboxylic acids is 2. The van der Waals surface area contributed by atoms with Crippen molar-refractivity contribution in [2.45, 2.75) is 32.7 Å². The number of likely N-dealkylation sites (tertiary alicyclic amines) is 1. The minimum Gasteiger partial charge on any atom is -0.493 e. The van der Waals surface area contributed by atoms with Gasteiger partial charge < -0.3 is 24.4 Å². The first kappa shape index (κ1) is 23.1. The fraction of sp³-hybridized carbons (Fsp3) is 0.500. The van der Waals surface area contributed by atoms with Crippen molar-refractivity contribution < 1.29 is 23.8 Å². The molecule has 2 unspecified atom stereocenters. The van der Waals surface area contributed by atoms with Crippen LogP contribution < -0.4 is 14.8 Å². The molecule has 162 valence electrons. The largest absolute Gasteiger partial charge is 0.493 e. The van der Waals surface area contributed by atoms with Gasteiger partial charge in [0, 0.05) is 19.3 Å². The van der Waals surface area contributed by atoms with Crippen LogP contribution in [0.3, 0.4) is 0 Å². The summed E-state index contributed by atoms with van der Waals surface area (Å²) >= 11 is 0. The molecule has 0 aromatic heterocycles. The predicted octanol–water partition coefficient (Wildman–Crippen LogP) is 2.56. The highest BCUT2D eigenvalue weighted by molar-refractivity contribution is 5.97. The first-order valence-corrected chi connectivity index (χ1v) is 9.98. The van der Waals surface area contributed by atoms with Gasteiger partial charge in [0.25, 0.3) is 5.91 Å². The number of benzene rings is 1. The maximum atomic E-state index is 12.7. The molecule has 0 aliphatic carbocycles. The van der Waals surface area contributed by atoms with Crippen LogP contribution in [0.4, 0.5) is 0 Å². The number of nitriles is 1. The maximum Gasteiger partial charge on any atom is 0.310 e. The molecule has 1 N–H and O–H groups in total. The van der Waals surface area contributed by atoms with Crippen LogP contribution in [-0.2, 0) is 14.3 Å². The number of esters is 1. The van der Waals surface area contributed by atoms with Crippen molar-refractivity contribution in [3.8, 4) is 17.6 Å². The van der Waals surface area contributed by atoms with E-state index in [0.29, 0.717) is 31.2 Å². The molecule has 1 fully saturated rings. The number of hydrogen-bond acceptors (Lipinski definition) is 7. The molecule has 0 saturated carbocycles. The van der Waals surface area contributed by atoms with Crippen LogP contribution >= 0.6 is 0 Å². The summed E-state index contributed by atoms with van der Waals surface area (Å²) in [5, 5.41) is 12.3. The summed E-state index contributed by atoms with van der Waals surface area (Å²) in [7, 11) is 3.10. The van der Waals surface area contributed by atoms with Gasteiger partial charge in [-0.05, 0) is 44.4 Å². The molecule has 1 aliphatic heterocycles. The number of rotatable bonds is 8. The zero-order valence-electron chi connectivity index (χ0n) is 17.9. The van der Waals surface area contributed by atoms with Crippen molar-refractivity contribution in [2.75, 3.05) is 33.9 Å². The standard InChI is InChI=1S/C22H29N3O5/c1-5-30-22(27)17-7-6-10-25(13-17)14-18(12-23)21(26)24-15(2)16-8-9-19(28-3)20(11-16)29-4/h8-9,11,14-15,17H,5-7,10,13H2,1-4H3,(H,24,26)/b18-14-. The van der Waals surface area contributed by atoms with Crippen molar-refractivity contribution in [2.24, 2.45) is 5.92 Å². The van der Waals surface area contributed by atoms with Crippen LogP contribution in [0.1, 0.15) is 38.3 Å². The Balaban J connectivity index is 2.07. The number of amides is 1. The van der Waals surface area contributed by atoms with Gasteiger partial charge in [-0.15, -0.1) is 0 Å². The Morgan fingerprint density at radius 1 is 1.33 bits per heavy atom. The van der Waals surface area contributed by atoms with Crippen molar-refractivity contribution in [3.05, 3.63) is 35.5 Å². The highest BCUT2D eigenvalue weighted by Gasteiger charge is 2.26. The average molecular weight is 415 g/mol. The van der Waals surface area contributed by atoms with E-state index < -0.39 is 5.91 Å². The van der Waals surface area contributed by atoms with E-state index >= 15 is 0 Å². The minimum atomic E-state index is -0.474. The Morgan fingerprint density at radius 2 is 2.07 bits per heavy atom. The van der Waals surface area contributed by atoms with E-state index in [-0.39, 0.29) is 23.5 Å². The molecular weight excluding hydrogens is 386 g/mol. The summed E-state index contributed by atoms with van der Waals surface area (Å²) in [6, 6.07) is 7.00. The summed E-state index contributed by atoms with van der Waals surface area (Å²) in [6.07, 6.45) is 3.07. The van der Waals surface area contributed by atoms with E-state index in [1.54, 1.807) is 33.3 Å². The van der Waals surface area contributed by atoms with E-state index in [9.17, 15) is 14.9 Å². The maximum absolute atomic E-state index is 12.7. The third-order valence-corrected chi connectivity index (χ3v) is 5.00. The Bertz CT molecular complexity index is 831. The molecule has 2 atom stereocenters. The molecule has 2 rings (SSSR count). The van der Waals surface area contributed by atoms with Gasteiger partial charge in [0.1, 0.15) is 11.6 Å². The number of nitrogens with zero attached hydrogens (tertiary/aromatic N) is 2. The van der Waals surface area contributed by atoms with Gasteiger partial charge in [-0.25, -0.2) is 0 Å². The Hall–Kier alpha value is -3.21. The summed E-state index contributed by atoms with van der Waals surface area (Å²) in [5.74, 6) is 0.200. The predicted molar refractivity (Wildman–Crippen MR) is 111 cm³/mol. The van der Waals surface area contributed by atoms with E-state index in [2.05, 4.69) is 5.32 Å². The smallest absolute Gasteiger partial charge is 0.310 e. The molecule has 8 nitrogen and oxygen atoms in total. The fourth-order valence-corrected chi connectivity index (χ4v) is 3.38. The van der Waals surface area contributed by atoms with Crippen molar-refractivity contribution in [1.82, 2.24) is 10.2 Å². The normalized spacial score (nSPS) is 17.5. The van der Waals surface area contributed by atoms with Crippen LogP contribution in [0.15, 0.2) is 30.0 Å². The zero-order chi connectivity index (χ0) is 22.1. The monoisotopic (exact) mass is 415 g/mol. The van der Waals surface area contributed by atoms with Gasteiger partial charge >= 0.3 is 5.97 Å². The number of piperidine rings is 1. The van der Waals surface area contributed by atoms with Gasteiger partial charge in [-0.1, -0.05) is 6.07 Å². The molecule has 1 saturated heterocycles. The molecule has 0 radical (unpaired) electrons. The Labute approximate surface area is 177 Å². The summed E-state index contributed by atoms with van der Waals surface area (Å²) in [6.45, 7) is 5.05. The number of hydrogen-bond donors (Lipinski definition) is 1. The first-order valence-electron chi connectivity index (χ1n) is 9.98. The molecular formula is C22H29N3O5. The van der Waals surface area contributed by atoms with Crippen LogP contribution in [-0.4, -0.2) is 50.7 Å². The molecule has 1 aliphatic rings. The van der Waals surface area contributed by atoms with Crippen LogP contribution in [0.2, 0.25) is 0 Å². The lowest BCUT2D eigenvalue weighted by atomic mass is 9.98. The quantitative estimate of drug-likeness (QED) is 0.396.